The number of nitro groups is 1. The normalized spacial score (nSPS) is 21.5. The van der Waals surface area contributed by atoms with Gasteiger partial charge in [0.1, 0.15) is 11.1 Å². The van der Waals surface area contributed by atoms with Crippen molar-refractivity contribution in [2.75, 3.05) is 39.5 Å². The average molecular weight is 310 g/mol. The highest BCUT2D eigenvalue weighted by Crippen LogP contribution is 2.28. The predicted molar refractivity (Wildman–Crippen MR) is 69.1 cm³/mol. The third-order valence-corrected chi connectivity index (χ3v) is 3.12. The molecule has 2 aliphatic rings. The molecule has 0 radical (unpaired) electrons. The number of nitrogens with zero attached hydrogens (tertiary/aromatic N) is 2. The van der Waals surface area contributed by atoms with Gasteiger partial charge in [0.05, 0.1) is 24.7 Å². The van der Waals surface area contributed by atoms with Crippen LogP contribution in [0, 0.1) is 10.1 Å². The Morgan fingerprint density at radius 1 is 1.32 bits per heavy atom. The minimum Gasteiger partial charge on any atom is -0.472 e. The molecule has 0 aliphatic carbocycles. The van der Waals surface area contributed by atoms with E-state index in [2.05, 4.69) is 5.32 Å². The second-order valence-corrected chi connectivity index (χ2v) is 4.87. The minimum absolute atomic E-state index is 0.102. The lowest BCUT2D eigenvalue weighted by atomic mass is 10.3. The van der Waals surface area contributed by atoms with E-state index in [1.165, 1.54) is 0 Å². The van der Waals surface area contributed by atoms with Gasteiger partial charge in [-0.25, -0.2) is 0 Å². The van der Waals surface area contributed by atoms with Crippen LogP contribution in [0.1, 0.15) is 0 Å². The molecule has 2 saturated heterocycles. The first-order chi connectivity index (χ1) is 9.11. The Balaban J connectivity index is 2.38. The Kier molecular flexibility index (Phi) is 4.73. The van der Waals surface area contributed by atoms with Crippen LogP contribution >= 0.6 is 23.2 Å². The highest BCUT2D eigenvalue weighted by molar-refractivity contribution is 6.56. The van der Waals surface area contributed by atoms with Gasteiger partial charge in [0.2, 0.25) is 0 Å². The topological polar surface area (TPSA) is 76.9 Å². The van der Waals surface area contributed by atoms with Crippen LogP contribution in [0.15, 0.2) is 21.8 Å². The van der Waals surface area contributed by atoms with Gasteiger partial charge in [0, 0.05) is 13.1 Å². The SMILES string of the molecule is O=[N+]([O-])/C(C(=C(Cl)Cl)N1CCOCC1)=C1\NCCO1. The molecule has 2 fully saturated rings. The summed E-state index contributed by atoms with van der Waals surface area (Å²) in [5.74, 6) is 0.102. The van der Waals surface area contributed by atoms with Crippen molar-refractivity contribution in [2.45, 2.75) is 0 Å². The van der Waals surface area contributed by atoms with E-state index in [1.54, 1.807) is 4.90 Å². The summed E-state index contributed by atoms with van der Waals surface area (Å²) in [6.45, 7) is 2.82. The smallest absolute Gasteiger partial charge is 0.353 e. The van der Waals surface area contributed by atoms with Crippen molar-refractivity contribution in [3.05, 3.63) is 31.9 Å². The molecule has 0 aromatic rings. The van der Waals surface area contributed by atoms with Gasteiger partial charge in [-0.3, -0.25) is 10.1 Å². The lowest BCUT2D eigenvalue weighted by Crippen LogP contribution is -2.38. The number of ether oxygens (including phenoxy) is 2. The van der Waals surface area contributed by atoms with Crippen LogP contribution in [-0.4, -0.2) is 49.3 Å². The summed E-state index contributed by atoms with van der Waals surface area (Å²) >= 11 is 11.7. The van der Waals surface area contributed by atoms with E-state index in [1.807, 2.05) is 0 Å². The fourth-order valence-electron chi connectivity index (χ4n) is 1.94. The van der Waals surface area contributed by atoms with Crippen LogP contribution in [0.25, 0.3) is 0 Å². The monoisotopic (exact) mass is 309 g/mol. The first kappa shape index (κ1) is 14.2. The first-order valence-electron chi connectivity index (χ1n) is 5.75. The van der Waals surface area contributed by atoms with E-state index >= 15 is 0 Å². The maximum absolute atomic E-state index is 11.3. The molecule has 0 aromatic carbocycles. The van der Waals surface area contributed by atoms with Crippen LogP contribution in [0.3, 0.4) is 0 Å². The van der Waals surface area contributed by atoms with Crippen molar-refractivity contribution in [3.8, 4) is 0 Å². The summed E-state index contributed by atoms with van der Waals surface area (Å²) in [6, 6.07) is 0. The van der Waals surface area contributed by atoms with Gasteiger partial charge in [-0.1, -0.05) is 23.2 Å². The zero-order chi connectivity index (χ0) is 13.8. The first-order valence-corrected chi connectivity index (χ1v) is 6.50. The zero-order valence-electron chi connectivity index (χ0n) is 10.0. The molecule has 7 nitrogen and oxygen atoms in total. The summed E-state index contributed by atoms with van der Waals surface area (Å²) in [7, 11) is 0. The molecule has 0 bridgehead atoms. The number of nitrogens with one attached hydrogen (secondary N) is 1. The minimum atomic E-state index is -0.538. The van der Waals surface area contributed by atoms with Gasteiger partial charge in [-0.2, -0.15) is 0 Å². The molecule has 0 spiro atoms. The van der Waals surface area contributed by atoms with Gasteiger partial charge >= 0.3 is 5.70 Å². The Morgan fingerprint density at radius 3 is 2.47 bits per heavy atom. The van der Waals surface area contributed by atoms with Crippen molar-refractivity contribution in [2.24, 2.45) is 0 Å². The average Bonchev–Trinajstić information content (AvgIpc) is 2.89. The van der Waals surface area contributed by atoms with Crippen molar-refractivity contribution in [3.63, 3.8) is 0 Å². The lowest BCUT2D eigenvalue weighted by Gasteiger charge is -2.29. The number of rotatable bonds is 3. The fraction of sp³-hybridized carbons (Fsp3) is 0.600. The Hall–Kier alpha value is -1.18. The molecule has 19 heavy (non-hydrogen) atoms. The standard InChI is InChI=1S/C10H13Cl2N3O4/c11-9(12)7(14-2-5-18-6-3-14)8(15(16)17)10-13-1-4-19-10/h13H,1-6H2/b10-8+. The van der Waals surface area contributed by atoms with E-state index in [-0.39, 0.29) is 21.8 Å². The lowest BCUT2D eigenvalue weighted by molar-refractivity contribution is -0.426. The van der Waals surface area contributed by atoms with Crippen LogP contribution in [0.2, 0.25) is 0 Å². The third-order valence-electron chi connectivity index (χ3n) is 2.76. The second-order valence-electron chi connectivity index (χ2n) is 3.92. The molecule has 1 N–H and O–H groups in total. The molecule has 0 saturated carbocycles. The molecular formula is C10H13Cl2N3O4. The van der Waals surface area contributed by atoms with Gasteiger partial charge in [0.25, 0.3) is 5.88 Å². The third kappa shape index (κ3) is 3.23. The summed E-state index contributed by atoms with van der Waals surface area (Å²) in [5, 5.41) is 14.1. The molecule has 9 heteroatoms. The predicted octanol–water partition coefficient (Wildman–Crippen LogP) is 1.03. The molecule has 2 rings (SSSR count). The maximum Gasteiger partial charge on any atom is 0.353 e. The number of hydrogen-bond acceptors (Lipinski definition) is 6. The van der Waals surface area contributed by atoms with Crippen molar-refractivity contribution < 1.29 is 14.4 Å². The van der Waals surface area contributed by atoms with Gasteiger partial charge in [-0.15, -0.1) is 0 Å². The fourth-order valence-corrected chi connectivity index (χ4v) is 2.36. The molecule has 0 atom stereocenters. The van der Waals surface area contributed by atoms with E-state index in [0.717, 1.165) is 0 Å². The zero-order valence-corrected chi connectivity index (χ0v) is 11.5. The number of halogens is 2. The highest BCUT2D eigenvalue weighted by atomic mass is 35.5. The van der Waals surface area contributed by atoms with E-state index in [9.17, 15) is 10.1 Å². The second kappa shape index (κ2) is 6.31. The van der Waals surface area contributed by atoms with E-state index in [4.69, 9.17) is 32.7 Å². The molecule has 0 aromatic heterocycles. The molecule has 0 amide bonds. The summed E-state index contributed by atoms with van der Waals surface area (Å²) in [6.07, 6.45) is 0. The number of morpholine rings is 1. The van der Waals surface area contributed by atoms with E-state index in [0.29, 0.717) is 39.5 Å². The van der Waals surface area contributed by atoms with Crippen LogP contribution in [0.4, 0.5) is 0 Å². The number of hydrogen-bond donors (Lipinski definition) is 1. The highest BCUT2D eigenvalue weighted by Gasteiger charge is 2.34. The van der Waals surface area contributed by atoms with Gasteiger partial charge in [-0.05, 0) is 0 Å². The molecule has 106 valence electrons. The summed E-state index contributed by atoms with van der Waals surface area (Å²) in [4.78, 5) is 12.5. The quantitative estimate of drug-likeness (QED) is 0.620. The Morgan fingerprint density at radius 2 is 2.00 bits per heavy atom. The van der Waals surface area contributed by atoms with E-state index < -0.39 is 4.92 Å². The van der Waals surface area contributed by atoms with Crippen molar-refractivity contribution in [1.29, 1.82) is 0 Å². The van der Waals surface area contributed by atoms with Crippen molar-refractivity contribution >= 4 is 23.2 Å². The molecular weight excluding hydrogens is 297 g/mol. The van der Waals surface area contributed by atoms with Crippen LogP contribution < -0.4 is 5.32 Å². The Labute approximate surface area is 119 Å². The molecule has 2 aliphatic heterocycles. The summed E-state index contributed by atoms with van der Waals surface area (Å²) < 4.78 is 10.3. The molecule has 0 unspecified atom stereocenters. The van der Waals surface area contributed by atoms with Crippen LogP contribution in [0.5, 0.6) is 0 Å². The summed E-state index contributed by atoms with van der Waals surface area (Å²) in [5.41, 5.74) is -0.0690. The van der Waals surface area contributed by atoms with Gasteiger partial charge in [0.15, 0.2) is 5.70 Å². The Bertz CT molecular complexity index is 420. The maximum atomic E-state index is 11.3. The largest absolute Gasteiger partial charge is 0.472 e. The van der Waals surface area contributed by atoms with Gasteiger partial charge < -0.3 is 19.7 Å². The van der Waals surface area contributed by atoms with Crippen LogP contribution in [-0.2, 0) is 9.47 Å². The van der Waals surface area contributed by atoms with Crippen molar-refractivity contribution in [1.82, 2.24) is 10.2 Å². The molecule has 2 heterocycles.